The maximum atomic E-state index is 12.5. The topological polar surface area (TPSA) is 53.6 Å². The molecule has 1 heterocycles. The highest BCUT2D eigenvalue weighted by Crippen LogP contribution is 2.26. The first-order chi connectivity index (χ1) is 12.7. The van der Waals surface area contributed by atoms with Crippen molar-refractivity contribution in [2.45, 2.75) is 20.3 Å². The number of para-hydroxylation sites is 3. The monoisotopic (exact) mass is 353 g/mol. The first-order valence-electron chi connectivity index (χ1n) is 9.23. The van der Waals surface area contributed by atoms with Crippen LogP contribution in [-0.2, 0) is 16.0 Å². The number of carbonyl (C=O) groups is 1. The smallest absolute Gasteiger partial charge is 0.243 e. The zero-order valence-corrected chi connectivity index (χ0v) is 15.5. The summed E-state index contributed by atoms with van der Waals surface area (Å²) in [5.74, 6) is -0.0363. The summed E-state index contributed by atoms with van der Waals surface area (Å²) in [4.78, 5) is 14.8. The molecular weight excluding hydrogens is 326 g/mol. The fourth-order valence-electron chi connectivity index (χ4n) is 3.26. The van der Waals surface area contributed by atoms with E-state index in [-0.39, 0.29) is 12.5 Å². The van der Waals surface area contributed by atoms with E-state index in [1.165, 1.54) is 0 Å². The van der Waals surface area contributed by atoms with Crippen LogP contribution < -0.4 is 15.5 Å². The molecule has 2 aromatic rings. The van der Waals surface area contributed by atoms with Crippen LogP contribution in [0.3, 0.4) is 0 Å². The minimum atomic E-state index is -0.0363. The Morgan fingerprint density at radius 2 is 1.88 bits per heavy atom. The fourth-order valence-corrected chi connectivity index (χ4v) is 3.26. The molecule has 2 N–H and O–H groups in total. The third kappa shape index (κ3) is 4.35. The van der Waals surface area contributed by atoms with Gasteiger partial charge in [0.2, 0.25) is 5.91 Å². The zero-order valence-electron chi connectivity index (χ0n) is 15.5. The third-order valence-corrected chi connectivity index (χ3v) is 4.70. The molecular formula is C21H27N3O2. The van der Waals surface area contributed by atoms with E-state index in [9.17, 15) is 4.79 Å². The molecule has 2 aromatic carbocycles. The van der Waals surface area contributed by atoms with Gasteiger partial charge in [0.05, 0.1) is 31.1 Å². The summed E-state index contributed by atoms with van der Waals surface area (Å²) in [6, 6.07) is 14.2. The Balaban J connectivity index is 1.65. The molecule has 0 aromatic heterocycles. The molecule has 138 valence electrons. The summed E-state index contributed by atoms with van der Waals surface area (Å²) in [5.41, 5.74) is 5.28. The third-order valence-electron chi connectivity index (χ3n) is 4.70. The van der Waals surface area contributed by atoms with Crippen molar-refractivity contribution in [3.05, 3.63) is 53.6 Å². The molecule has 1 saturated heterocycles. The van der Waals surface area contributed by atoms with Crippen molar-refractivity contribution in [1.82, 2.24) is 0 Å². The van der Waals surface area contributed by atoms with E-state index in [1.54, 1.807) is 0 Å². The lowest BCUT2D eigenvalue weighted by Gasteiger charge is -2.30. The highest BCUT2D eigenvalue weighted by Gasteiger charge is 2.15. The van der Waals surface area contributed by atoms with Crippen molar-refractivity contribution in [3.8, 4) is 0 Å². The van der Waals surface area contributed by atoms with E-state index in [4.69, 9.17) is 4.74 Å². The molecule has 5 heteroatoms. The van der Waals surface area contributed by atoms with Crippen molar-refractivity contribution in [1.29, 1.82) is 0 Å². The molecule has 0 bridgehead atoms. The molecule has 0 unspecified atom stereocenters. The lowest BCUT2D eigenvalue weighted by Crippen LogP contribution is -2.36. The Morgan fingerprint density at radius 1 is 1.12 bits per heavy atom. The standard InChI is InChI=1S/C21H27N3O2/c1-3-17-8-6-7-16(2)21(17)23-20(25)15-22-18-9-4-5-10-19(18)24-11-13-26-14-12-24/h4-10,22H,3,11-15H2,1-2H3,(H,23,25). The van der Waals surface area contributed by atoms with Crippen LogP contribution in [0.25, 0.3) is 0 Å². The van der Waals surface area contributed by atoms with Gasteiger partial charge in [-0.2, -0.15) is 0 Å². The molecule has 0 radical (unpaired) electrons. The Kier molecular flexibility index (Phi) is 6.12. The Bertz CT molecular complexity index is 755. The summed E-state index contributed by atoms with van der Waals surface area (Å²) < 4.78 is 5.43. The molecule has 1 aliphatic heterocycles. The van der Waals surface area contributed by atoms with Gasteiger partial charge in [0.1, 0.15) is 0 Å². The second-order valence-corrected chi connectivity index (χ2v) is 6.48. The molecule has 0 atom stereocenters. The predicted molar refractivity (Wildman–Crippen MR) is 107 cm³/mol. The van der Waals surface area contributed by atoms with E-state index in [0.717, 1.165) is 60.9 Å². The van der Waals surface area contributed by atoms with Crippen LogP contribution >= 0.6 is 0 Å². The SMILES string of the molecule is CCc1cccc(C)c1NC(=O)CNc1ccccc1N1CCOCC1. The van der Waals surface area contributed by atoms with Gasteiger partial charge < -0.3 is 20.3 Å². The minimum absolute atomic E-state index is 0.0363. The van der Waals surface area contributed by atoms with Crippen LogP contribution in [0.5, 0.6) is 0 Å². The average molecular weight is 353 g/mol. The second kappa shape index (κ2) is 8.72. The van der Waals surface area contributed by atoms with Crippen LogP contribution in [0.1, 0.15) is 18.1 Å². The average Bonchev–Trinajstić information content (AvgIpc) is 2.69. The van der Waals surface area contributed by atoms with Gasteiger partial charge in [-0.05, 0) is 36.6 Å². The molecule has 3 rings (SSSR count). The molecule has 5 nitrogen and oxygen atoms in total. The molecule has 0 saturated carbocycles. The summed E-state index contributed by atoms with van der Waals surface area (Å²) in [5, 5.41) is 6.36. The zero-order chi connectivity index (χ0) is 18.4. The Hall–Kier alpha value is -2.53. The largest absolute Gasteiger partial charge is 0.378 e. The maximum absolute atomic E-state index is 12.5. The molecule has 1 aliphatic rings. The Morgan fingerprint density at radius 3 is 2.65 bits per heavy atom. The lowest BCUT2D eigenvalue weighted by atomic mass is 10.1. The van der Waals surface area contributed by atoms with Crippen LogP contribution in [0.4, 0.5) is 17.1 Å². The number of benzene rings is 2. The van der Waals surface area contributed by atoms with E-state index in [0.29, 0.717) is 0 Å². The van der Waals surface area contributed by atoms with Gasteiger partial charge in [0, 0.05) is 18.8 Å². The molecule has 1 amide bonds. The minimum Gasteiger partial charge on any atom is -0.378 e. The van der Waals surface area contributed by atoms with Crippen molar-refractivity contribution < 1.29 is 9.53 Å². The van der Waals surface area contributed by atoms with E-state index in [2.05, 4.69) is 34.6 Å². The number of amides is 1. The van der Waals surface area contributed by atoms with Gasteiger partial charge in [0.25, 0.3) is 0 Å². The number of carbonyl (C=O) groups excluding carboxylic acids is 1. The number of aryl methyl sites for hydroxylation is 2. The number of ether oxygens (including phenoxy) is 1. The quantitative estimate of drug-likeness (QED) is 0.835. The molecule has 1 fully saturated rings. The van der Waals surface area contributed by atoms with Gasteiger partial charge in [-0.1, -0.05) is 37.3 Å². The predicted octanol–water partition coefficient (Wildman–Crippen LogP) is 3.44. The van der Waals surface area contributed by atoms with Gasteiger partial charge >= 0.3 is 0 Å². The van der Waals surface area contributed by atoms with E-state index in [1.807, 2.05) is 37.3 Å². The van der Waals surface area contributed by atoms with Crippen molar-refractivity contribution in [2.75, 3.05) is 48.4 Å². The number of anilines is 3. The number of nitrogens with zero attached hydrogens (tertiary/aromatic N) is 1. The second-order valence-electron chi connectivity index (χ2n) is 6.48. The normalized spacial score (nSPS) is 14.2. The van der Waals surface area contributed by atoms with Gasteiger partial charge in [-0.15, -0.1) is 0 Å². The van der Waals surface area contributed by atoms with Crippen molar-refractivity contribution in [2.24, 2.45) is 0 Å². The lowest BCUT2D eigenvalue weighted by molar-refractivity contribution is -0.114. The van der Waals surface area contributed by atoms with Crippen LogP contribution in [-0.4, -0.2) is 38.8 Å². The fraction of sp³-hybridized carbons (Fsp3) is 0.381. The molecule has 26 heavy (non-hydrogen) atoms. The summed E-state index contributed by atoms with van der Waals surface area (Å²) in [6.45, 7) is 7.57. The van der Waals surface area contributed by atoms with E-state index >= 15 is 0 Å². The first kappa shape index (κ1) is 18.3. The van der Waals surface area contributed by atoms with Crippen molar-refractivity contribution in [3.63, 3.8) is 0 Å². The Labute approximate surface area is 155 Å². The maximum Gasteiger partial charge on any atom is 0.243 e. The molecule has 0 spiro atoms. The van der Waals surface area contributed by atoms with Crippen LogP contribution in [0, 0.1) is 6.92 Å². The van der Waals surface area contributed by atoms with Gasteiger partial charge in [-0.25, -0.2) is 0 Å². The van der Waals surface area contributed by atoms with Crippen LogP contribution in [0.15, 0.2) is 42.5 Å². The first-order valence-corrected chi connectivity index (χ1v) is 9.23. The molecule has 0 aliphatic carbocycles. The summed E-state index contributed by atoms with van der Waals surface area (Å²) >= 11 is 0. The van der Waals surface area contributed by atoms with Gasteiger partial charge in [-0.3, -0.25) is 4.79 Å². The van der Waals surface area contributed by atoms with Crippen molar-refractivity contribution >= 4 is 23.0 Å². The highest BCUT2D eigenvalue weighted by molar-refractivity contribution is 5.95. The number of rotatable bonds is 6. The highest BCUT2D eigenvalue weighted by atomic mass is 16.5. The number of hydrogen-bond donors (Lipinski definition) is 2. The van der Waals surface area contributed by atoms with E-state index < -0.39 is 0 Å². The summed E-state index contributed by atoms with van der Waals surface area (Å²) in [7, 11) is 0. The number of morpholine rings is 1. The van der Waals surface area contributed by atoms with Gasteiger partial charge in [0.15, 0.2) is 0 Å². The number of nitrogens with one attached hydrogen (secondary N) is 2. The van der Waals surface area contributed by atoms with Crippen LogP contribution in [0.2, 0.25) is 0 Å². The number of hydrogen-bond acceptors (Lipinski definition) is 4. The summed E-state index contributed by atoms with van der Waals surface area (Å²) in [6.07, 6.45) is 0.893.